The zero-order chi connectivity index (χ0) is 3.41. The normalized spacial score (nSPS) is 9.00. The van der Waals surface area contributed by atoms with E-state index in [-0.39, 0.29) is 0 Å². The highest BCUT2D eigenvalue weighted by atomic mass is 16.5. The molecule has 0 aliphatic heterocycles. The van der Waals surface area contributed by atoms with Crippen LogP contribution in [0.3, 0.4) is 0 Å². The van der Waals surface area contributed by atoms with Crippen molar-refractivity contribution in [2.75, 3.05) is 0 Å². The molecule has 0 rings (SSSR count). The Bertz CT molecular complexity index is 19.2. The topological polar surface area (TPSA) is 64.5 Å². The second-order valence-electron chi connectivity index (χ2n) is 0.163. The van der Waals surface area contributed by atoms with Crippen LogP contribution in [0.5, 0.6) is 0 Å². The molecule has 0 unspecified atom stereocenters. The lowest BCUT2D eigenvalue weighted by atomic mass is 13.0. The van der Waals surface area contributed by atoms with Crippen molar-refractivity contribution in [1.82, 2.24) is 0 Å². The first-order chi connectivity index (χ1) is 1.91. The van der Waals surface area contributed by atoms with Crippen LogP contribution in [0.2, 0.25) is 0 Å². The second kappa shape index (κ2) is 2.20. The third kappa shape index (κ3) is 1.20. The van der Waals surface area contributed by atoms with Crippen molar-refractivity contribution >= 4 is 0 Å². The lowest BCUT2D eigenvalue weighted by molar-refractivity contribution is 0.0780. The van der Waals surface area contributed by atoms with Gasteiger partial charge in [-0.1, -0.05) is 0 Å². The summed E-state index contributed by atoms with van der Waals surface area (Å²) in [5.41, 5.74) is 0. The van der Waals surface area contributed by atoms with E-state index in [1.807, 2.05) is 0 Å². The molecule has 2 radical (unpaired) electrons. The van der Waals surface area contributed by atoms with Gasteiger partial charge in [-0.15, -0.1) is 10.4 Å². The van der Waals surface area contributed by atoms with Crippen molar-refractivity contribution in [2.45, 2.75) is 0 Å². The van der Waals surface area contributed by atoms with E-state index in [1.54, 1.807) is 10.6 Å². The third-order valence-electron chi connectivity index (χ3n) is 0.0333. The summed E-state index contributed by atoms with van der Waals surface area (Å²) in [5, 5.41) is 20.0. The first-order valence-corrected chi connectivity index (χ1v) is 0.565. The van der Waals surface area contributed by atoms with Crippen LogP contribution < -0.4 is 0 Å². The average Bonchev–Trinajstić information content (AvgIpc) is 1.37. The van der Waals surface area contributed by atoms with Crippen molar-refractivity contribution in [1.29, 1.82) is 0 Å². The van der Waals surface area contributed by atoms with Crippen molar-refractivity contribution in [3.8, 4) is 0 Å². The molecule has 0 aliphatic rings. The molecule has 0 fully saturated rings. The number of rotatable bonds is 0. The molecule has 0 aromatic carbocycles. The van der Waals surface area contributed by atoms with Crippen molar-refractivity contribution in [3.05, 3.63) is 0 Å². The van der Waals surface area contributed by atoms with Crippen LogP contribution >= 0.6 is 0 Å². The monoisotopic (exact) mass is 60.0 g/mol. The van der Waals surface area contributed by atoms with Crippen LogP contribution in [0.15, 0.2) is 10.6 Å². The van der Waals surface area contributed by atoms with Gasteiger partial charge in [0.25, 0.3) is 0 Å². The Kier molecular flexibility index (Phi) is 1.76. The van der Waals surface area contributed by atoms with Crippen molar-refractivity contribution < 1.29 is 10.4 Å². The van der Waals surface area contributed by atoms with Crippen molar-refractivity contribution in [3.63, 3.8) is 0 Å². The van der Waals surface area contributed by atoms with Gasteiger partial charge in [0.05, 0.1) is 0 Å². The Morgan fingerprint density at radius 1 is 1.00 bits per heavy atom. The van der Waals surface area contributed by atoms with Gasteiger partial charge in [0, 0.05) is 0 Å². The zero-order valence-electron chi connectivity index (χ0n) is 1.71. The SMILES string of the molecule is [O]/N=N/[O]. The van der Waals surface area contributed by atoms with Crippen LogP contribution in [0.25, 0.3) is 0 Å². The molecule has 4 heavy (non-hydrogen) atoms. The summed E-state index contributed by atoms with van der Waals surface area (Å²) >= 11 is 0. The van der Waals surface area contributed by atoms with E-state index in [9.17, 15) is 0 Å². The van der Waals surface area contributed by atoms with E-state index in [2.05, 4.69) is 0 Å². The van der Waals surface area contributed by atoms with Gasteiger partial charge in [-0.2, -0.15) is 0 Å². The van der Waals surface area contributed by atoms with Gasteiger partial charge < -0.3 is 0 Å². The Hall–Kier alpha value is -0.800. The van der Waals surface area contributed by atoms with Gasteiger partial charge >= 0.3 is 0 Å². The Labute approximate surface area is 22.3 Å². The van der Waals surface area contributed by atoms with E-state index in [0.717, 1.165) is 0 Å². The smallest absolute Gasteiger partial charge is 0.120 e. The van der Waals surface area contributed by atoms with E-state index >= 15 is 0 Å². The van der Waals surface area contributed by atoms with Gasteiger partial charge in [-0.3, -0.25) is 0 Å². The maximum Gasteiger partial charge on any atom is 0.120 e. The van der Waals surface area contributed by atoms with Crippen LogP contribution in [0.4, 0.5) is 0 Å². The molecule has 0 aliphatic carbocycles. The summed E-state index contributed by atoms with van der Waals surface area (Å²) in [7, 11) is 0. The summed E-state index contributed by atoms with van der Waals surface area (Å²) in [6, 6.07) is 0. The molecular weight excluding hydrogens is 60.0 g/mol. The number of nitrogens with zero attached hydrogens (tertiary/aromatic N) is 2. The summed E-state index contributed by atoms with van der Waals surface area (Å²) in [4.78, 5) is 0. The molecular formula is N2O2. The lowest BCUT2D eigenvalue weighted by Crippen LogP contribution is -1.34. The molecule has 22 valence electrons. The molecule has 4 heteroatoms. The minimum atomic E-state index is 1.56. The first kappa shape index (κ1) is 3.20. The standard InChI is InChI=1S/N2O2/c3-1-2-4/b2-1+. The highest BCUT2D eigenvalue weighted by Crippen LogP contribution is 1.51. The van der Waals surface area contributed by atoms with Gasteiger partial charge in [0.2, 0.25) is 0 Å². The summed E-state index contributed by atoms with van der Waals surface area (Å²) < 4.78 is 0. The van der Waals surface area contributed by atoms with Crippen LogP contribution in [-0.2, 0) is 10.4 Å². The predicted octanol–water partition coefficient (Wildman–Crippen LogP) is 0.130. The minimum absolute atomic E-state index is 1.56. The largest absolute Gasteiger partial charge is 0.120 e. The summed E-state index contributed by atoms with van der Waals surface area (Å²) in [5.74, 6) is 0. The molecule has 0 amide bonds. The molecule has 4 nitrogen and oxygen atoms in total. The van der Waals surface area contributed by atoms with Crippen LogP contribution in [0.1, 0.15) is 0 Å². The minimum Gasteiger partial charge on any atom is -0.120 e. The summed E-state index contributed by atoms with van der Waals surface area (Å²) in [6.45, 7) is 0. The number of hydrogen-bond donors (Lipinski definition) is 0. The highest BCUT2D eigenvalue weighted by Gasteiger charge is 1.46. The predicted molar refractivity (Wildman–Crippen MR) is 6.23 cm³/mol. The van der Waals surface area contributed by atoms with Crippen LogP contribution in [-0.4, -0.2) is 0 Å². The molecule has 0 spiro atoms. The molecule has 0 saturated carbocycles. The fraction of sp³-hybridized carbons (Fsp3) is 0. The molecule has 0 atom stereocenters. The quantitative estimate of drug-likeness (QED) is 0.282. The van der Waals surface area contributed by atoms with Crippen molar-refractivity contribution in [2.24, 2.45) is 10.6 Å². The van der Waals surface area contributed by atoms with Gasteiger partial charge in [0.1, 0.15) is 10.6 Å². The fourth-order valence-corrected chi connectivity index (χ4v) is 0. The molecule has 0 aromatic heterocycles. The van der Waals surface area contributed by atoms with Gasteiger partial charge in [-0.25, -0.2) is 0 Å². The van der Waals surface area contributed by atoms with Gasteiger partial charge in [0.15, 0.2) is 0 Å². The molecule has 0 bridgehead atoms. The highest BCUT2D eigenvalue weighted by molar-refractivity contribution is 3.49. The van der Waals surface area contributed by atoms with E-state index < -0.39 is 0 Å². The second-order valence-corrected chi connectivity index (χ2v) is 0.163. The van der Waals surface area contributed by atoms with Gasteiger partial charge in [-0.05, 0) is 0 Å². The maximum atomic E-state index is 8.44. The fourth-order valence-electron chi connectivity index (χ4n) is 0. The van der Waals surface area contributed by atoms with E-state index in [4.69, 9.17) is 10.4 Å². The maximum absolute atomic E-state index is 8.44. The molecule has 0 N–H and O–H groups in total. The Morgan fingerprint density at radius 2 is 1.25 bits per heavy atom. The summed E-state index contributed by atoms with van der Waals surface area (Å²) in [6.07, 6.45) is 0. The third-order valence-corrected chi connectivity index (χ3v) is 0.0333. The number of hydrogen-bond acceptors (Lipinski definition) is 2. The lowest BCUT2D eigenvalue weighted by Gasteiger charge is -1.38. The van der Waals surface area contributed by atoms with E-state index in [1.165, 1.54) is 0 Å². The van der Waals surface area contributed by atoms with Crippen LogP contribution in [0, 0.1) is 0 Å². The Morgan fingerprint density at radius 3 is 1.25 bits per heavy atom. The van der Waals surface area contributed by atoms with E-state index in [0.29, 0.717) is 0 Å². The first-order valence-electron chi connectivity index (χ1n) is 0.565. The zero-order valence-corrected chi connectivity index (χ0v) is 1.71. The molecule has 0 saturated heterocycles. The molecule has 0 aromatic rings. The molecule has 0 heterocycles. The Balaban J connectivity index is 2.55. The average molecular weight is 60.0 g/mol.